The lowest BCUT2D eigenvalue weighted by atomic mass is 10.2. The first-order valence-electron chi connectivity index (χ1n) is 8.37. The molecule has 0 aliphatic heterocycles. The molecule has 0 aromatic heterocycles. The smallest absolute Gasteiger partial charge is 0.331 e. The van der Waals surface area contributed by atoms with Gasteiger partial charge in [0.05, 0.1) is 6.61 Å². The Morgan fingerprint density at radius 2 is 1.36 bits per heavy atom. The predicted molar refractivity (Wildman–Crippen MR) is 87.6 cm³/mol. The van der Waals surface area contributed by atoms with Crippen LogP contribution in [-0.4, -0.2) is 49.7 Å². The number of hydrogen-bond donors (Lipinski definition) is 0. The SMILES string of the molecule is CCCCCCCOC(=O)/C=C/C(=O)OCCN(CC)CC. The van der Waals surface area contributed by atoms with Crippen molar-refractivity contribution in [3.05, 3.63) is 12.2 Å². The Labute approximate surface area is 134 Å². The van der Waals surface area contributed by atoms with Crippen molar-refractivity contribution in [1.82, 2.24) is 4.90 Å². The average molecular weight is 313 g/mol. The van der Waals surface area contributed by atoms with Gasteiger partial charge in [-0.3, -0.25) is 0 Å². The van der Waals surface area contributed by atoms with Crippen LogP contribution in [0.4, 0.5) is 0 Å². The highest BCUT2D eigenvalue weighted by molar-refractivity contribution is 5.91. The van der Waals surface area contributed by atoms with Gasteiger partial charge in [-0.25, -0.2) is 9.59 Å². The monoisotopic (exact) mass is 313 g/mol. The fourth-order valence-electron chi connectivity index (χ4n) is 1.93. The van der Waals surface area contributed by atoms with Gasteiger partial charge >= 0.3 is 11.9 Å². The van der Waals surface area contributed by atoms with E-state index in [1.165, 1.54) is 19.3 Å². The summed E-state index contributed by atoms with van der Waals surface area (Å²) >= 11 is 0. The van der Waals surface area contributed by atoms with Crippen LogP contribution in [-0.2, 0) is 19.1 Å². The van der Waals surface area contributed by atoms with Crippen LogP contribution in [0.3, 0.4) is 0 Å². The first kappa shape index (κ1) is 20.6. The quantitative estimate of drug-likeness (QED) is 0.297. The van der Waals surface area contributed by atoms with E-state index in [4.69, 9.17) is 9.47 Å². The summed E-state index contributed by atoms with van der Waals surface area (Å²) in [7, 11) is 0. The lowest BCUT2D eigenvalue weighted by Gasteiger charge is -2.16. The molecule has 0 spiro atoms. The van der Waals surface area contributed by atoms with Crippen LogP contribution in [0.2, 0.25) is 0 Å². The molecule has 5 nitrogen and oxygen atoms in total. The maximum absolute atomic E-state index is 11.4. The van der Waals surface area contributed by atoms with Gasteiger partial charge in [-0.1, -0.05) is 46.5 Å². The van der Waals surface area contributed by atoms with Crippen molar-refractivity contribution in [2.45, 2.75) is 52.9 Å². The van der Waals surface area contributed by atoms with Gasteiger partial charge < -0.3 is 14.4 Å². The van der Waals surface area contributed by atoms with E-state index in [9.17, 15) is 9.59 Å². The van der Waals surface area contributed by atoms with Crippen LogP contribution < -0.4 is 0 Å². The van der Waals surface area contributed by atoms with E-state index in [0.29, 0.717) is 19.8 Å². The summed E-state index contributed by atoms with van der Waals surface area (Å²) in [6.07, 6.45) is 7.77. The van der Waals surface area contributed by atoms with Crippen LogP contribution in [0.5, 0.6) is 0 Å². The molecule has 0 amide bonds. The van der Waals surface area contributed by atoms with E-state index < -0.39 is 11.9 Å². The molecule has 0 saturated carbocycles. The minimum atomic E-state index is -0.507. The highest BCUT2D eigenvalue weighted by atomic mass is 16.5. The summed E-state index contributed by atoms with van der Waals surface area (Å²) in [6.45, 7) is 9.57. The van der Waals surface area contributed by atoms with Crippen LogP contribution in [0.25, 0.3) is 0 Å². The van der Waals surface area contributed by atoms with Gasteiger partial charge in [-0.2, -0.15) is 0 Å². The summed E-state index contributed by atoms with van der Waals surface area (Å²) in [5.41, 5.74) is 0. The number of ether oxygens (including phenoxy) is 2. The number of carbonyl (C=O) groups is 2. The Morgan fingerprint density at radius 3 is 1.91 bits per heavy atom. The normalized spacial score (nSPS) is 11.1. The molecule has 22 heavy (non-hydrogen) atoms. The summed E-state index contributed by atoms with van der Waals surface area (Å²) in [6, 6.07) is 0. The Bertz CT molecular complexity index is 325. The minimum Gasteiger partial charge on any atom is -0.463 e. The van der Waals surface area contributed by atoms with Crippen molar-refractivity contribution in [2.24, 2.45) is 0 Å². The van der Waals surface area contributed by atoms with Gasteiger partial charge in [0.2, 0.25) is 0 Å². The lowest BCUT2D eigenvalue weighted by molar-refractivity contribution is -0.140. The Morgan fingerprint density at radius 1 is 0.818 bits per heavy atom. The first-order valence-corrected chi connectivity index (χ1v) is 8.37. The second kappa shape index (κ2) is 14.6. The molecule has 0 aliphatic rings. The number of nitrogens with zero attached hydrogens (tertiary/aromatic N) is 1. The van der Waals surface area contributed by atoms with Crippen LogP contribution in [0.15, 0.2) is 12.2 Å². The second-order valence-corrected chi connectivity index (χ2v) is 5.11. The molecule has 0 heterocycles. The molecule has 0 unspecified atom stereocenters. The van der Waals surface area contributed by atoms with Crippen molar-refractivity contribution < 1.29 is 19.1 Å². The van der Waals surface area contributed by atoms with Gasteiger partial charge in [0.25, 0.3) is 0 Å². The number of unbranched alkanes of at least 4 members (excludes halogenated alkanes) is 4. The third-order valence-corrected chi connectivity index (χ3v) is 3.39. The van der Waals surface area contributed by atoms with Gasteiger partial charge in [-0.15, -0.1) is 0 Å². The zero-order valence-corrected chi connectivity index (χ0v) is 14.3. The molecule has 128 valence electrons. The van der Waals surface area contributed by atoms with Gasteiger partial charge in [0.15, 0.2) is 0 Å². The van der Waals surface area contributed by atoms with Gasteiger partial charge in [-0.05, 0) is 19.5 Å². The molecule has 0 radical (unpaired) electrons. The fourth-order valence-corrected chi connectivity index (χ4v) is 1.93. The van der Waals surface area contributed by atoms with Gasteiger partial charge in [0, 0.05) is 18.7 Å². The van der Waals surface area contributed by atoms with E-state index in [1.54, 1.807) is 0 Å². The van der Waals surface area contributed by atoms with Crippen LogP contribution in [0.1, 0.15) is 52.9 Å². The summed E-state index contributed by atoms with van der Waals surface area (Å²) in [4.78, 5) is 25.0. The van der Waals surface area contributed by atoms with Crippen LogP contribution in [0, 0.1) is 0 Å². The molecule has 0 aromatic rings. The van der Waals surface area contributed by atoms with Crippen molar-refractivity contribution in [2.75, 3.05) is 32.8 Å². The van der Waals surface area contributed by atoms with E-state index >= 15 is 0 Å². The maximum atomic E-state index is 11.4. The Balaban J connectivity index is 3.67. The number of esters is 2. The van der Waals surface area contributed by atoms with Crippen molar-refractivity contribution in [3.63, 3.8) is 0 Å². The Kier molecular flexibility index (Phi) is 13.7. The van der Waals surface area contributed by atoms with E-state index in [2.05, 4.69) is 25.7 Å². The topological polar surface area (TPSA) is 55.8 Å². The predicted octanol–water partition coefficient (Wildman–Crippen LogP) is 2.94. The fraction of sp³-hybridized carbons (Fsp3) is 0.765. The molecular weight excluding hydrogens is 282 g/mol. The largest absolute Gasteiger partial charge is 0.463 e. The molecule has 0 atom stereocenters. The first-order chi connectivity index (χ1) is 10.6. The van der Waals surface area contributed by atoms with E-state index in [-0.39, 0.29) is 0 Å². The number of carbonyl (C=O) groups excluding carboxylic acids is 2. The minimum absolute atomic E-state index is 0.331. The molecule has 0 aliphatic carbocycles. The highest BCUT2D eigenvalue weighted by Crippen LogP contribution is 2.02. The highest BCUT2D eigenvalue weighted by Gasteiger charge is 2.03. The second-order valence-electron chi connectivity index (χ2n) is 5.11. The summed E-state index contributed by atoms with van der Waals surface area (Å²) in [5, 5.41) is 0. The molecule has 0 saturated heterocycles. The van der Waals surface area contributed by atoms with Crippen molar-refractivity contribution in [3.8, 4) is 0 Å². The molecule has 5 heteroatoms. The van der Waals surface area contributed by atoms with E-state index in [1.807, 2.05) is 0 Å². The molecule has 0 rings (SSSR count). The zero-order valence-electron chi connectivity index (χ0n) is 14.3. The van der Waals surface area contributed by atoms with Gasteiger partial charge in [0.1, 0.15) is 6.61 Å². The molecule has 0 bridgehead atoms. The average Bonchev–Trinajstić information content (AvgIpc) is 2.53. The third-order valence-electron chi connectivity index (χ3n) is 3.39. The molecule has 0 fully saturated rings. The van der Waals surface area contributed by atoms with Crippen molar-refractivity contribution in [1.29, 1.82) is 0 Å². The van der Waals surface area contributed by atoms with Crippen LogP contribution >= 0.6 is 0 Å². The third kappa shape index (κ3) is 12.4. The standard InChI is InChI=1S/C17H31NO4/c1-4-7-8-9-10-14-21-16(19)11-12-17(20)22-15-13-18(5-2)6-3/h11-12H,4-10,13-15H2,1-3H3/b12-11+. The van der Waals surface area contributed by atoms with E-state index in [0.717, 1.165) is 38.1 Å². The lowest BCUT2D eigenvalue weighted by Crippen LogP contribution is -2.27. The van der Waals surface area contributed by atoms with Crippen molar-refractivity contribution >= 4 is 11.9 Å². The molecular formula is C17H31NO4. The Hall–Kier alpha value is -1.36. The summed E-state index contributed by atoms with van der Waals surface area (Å²) in [5.74, 6) is -0.997. The number of rotatable bonds is 13. The zero-order chi connectivity index (χ0) is 16.6. The number of likely N-dealkylation sites (N-methyl/N-ethyl adjacent to an activating group) is 1. The maximum Gasteiger partial charge on any atom is 0.331 e. The number of hydrogen-bond acceptors (Lipinski definition) is 5. The summed E-state index contributed by atoms with van der Waals surface area (Å²) < 4.78 is 10.0. The molecule has 0 N–H and O–H groups in total. The molecule has 0 aromatic carbocycles.